The van der Waals surface area contributed by atoms with Crippen LogP contribution in [0.5, 0.6) is 5.75 Å². The summed E-state index contributed by atoms with van der Waals surface area (Å²) in [7, 11) is 0. The average molecular weight is 396 g/mol. The molecule has 0 spiro atoms. The van der Waals surface area contributed by atoms with Gasteiger partial charge in [0.2, 0.25) is 0 Å². The summed E-state index contributed by atoms with van der Waals surface area (Å²) < 4.78 is 6.48. The van der Waals surface area contributed by atoms with Crippen molar-refractivity contribution < 1.29 is 9.53 Å². The van der Waals surface area contributed by atoms with E-state index in [9.17, 15) is 4.79 Å². The Hall–Kier alpha value is -2.84. The van der Waals surface area contributed by atoms with Crippen LogP contribution in [0.3, 0.4) is 0 Å². The van der Waals surface area contributed by atoms with Crippen LogP contribution in [-0.2, 0) is 0 Å². The molecule has 0 atom stereocenters. The molecular weight excluding hydrogens is 380 g/mol. The molecule has 1 N–H and O–H groups in total. The van der Waals surface area contributed by atoms with Gasteiger partial charge in [-0.15, -0.1) is 11.3 Å². The van der Waals surface area contributed by atoms with Crippen LogP contribution in [0.25, 0.3) is 20.9 Å². The van der Waals surface area contributed by atoms with E-state index in [4.69, 9.17) is 4.74 Å². The molecule has 4 rings (SSSR count). The molecule has 0 bridgehead atoms. The first kappa shape index (κ1) is 17.6. The van der Waals surface area contributed by atoms with Crippen molar-refractivity contribution in [2.75, 3.05) is 11.9 Å². The minimum atomic E-state index is -0.212. The smallest absolute Gasteiger partial charge is 0.269 e. The lowest BCUT2D eigenvalue weighted by atomic mass is 10.3. The predicted molar refractivity (Wildman–Crippen MR) is 109 cm³/mol. The third kappa shape index (κ3) is 3.67. The highest BCUT2D eigenvalue weighted by molar-refractivity contribution is 7.22. The first-order valence-corrected chi connectivity index (χ1v) is 10.0. The second-order valence-corrected chi connectivity index (χ2v) is 7.71. The molecule has 3 aromatic heterocycles. The van der Waals surface area contributed by atoms with Gasteiger partial charge < -0.3 is 4.74 Å². The first-order valence-electron chi connectivity index (χ1n) is 8.37. The number of pyridine rings is 1. The minimum absolute atomic E-state index is 0.212. The summed E-state index contributed by atoms with van der Waals surface area (Å²) in [5, 5.41) is 4.16. The normalized spacial score (nSPS) is 10.9. The minimum Gasteiger partial charge on any atom is -0.494 e. The third-order valence-corrected chi connectivity index (χ3v) is 5.89. The van der Waals surface area contributed by atoms with Gasteiger partial charge in [0, 0.05) is 6.20 Å². The highest BCUT2D eigenvalue weighted by Crippen LogP contribution is 2.31. The Bertz CT molecular complexity index is 1110. The fourth-order valence-corrected chi connectivity index (χ4v) is 4.40. The molecule has 136 valence electrons. The number of nitrogens with zero attached hydrogens (tertiary/aromatic N) is 3. The van der Waals surface area contributed by atoms with E-state index in [0.29, 0.717) is 22.3 Å². The van der Waals surface area contributed by atoms with Crippen LogP contribution in [0.15, 0.2) is 42.6 Å². The number of hydrogen-bond acceptors (Lipinski definition) is 7. The number of aryl methyl sites for hydroxylation is 1. The molecule has 0 unspecified atom stereocenters. The average Bonchev–Trinajstić information content (AvgIpc) is 3.25. The van der Waals surface area contributed by atoms with Gasteiger partial charge in [-0.2, -0.15) is 0 Å². The van der Waals surface area contributed by atoms with Gasteiger partial charge in [-0.25, -0.2) is 9.97 Å². The third-order valence-electron chi connectivity index (χ3n) is 3.78. The quantitative estimate of drug-likeness (QED) is 0.526. The molecule has 0 saturated heterocycles. The van der Waals surface area contributed by atoms with Gasteiger partial charge in [0.05, 0.1) is 28.2 Å². The first-order chi connectivity index (χ1) is 13.1. The van der Waals surface area contributed by atoms with Crippen LogP contribution in [0, 0.1) is 6.92 Å². The van der Waals surface area contributed by atoms with Crippen LogP contribution in [0.1, 0.15) is 22.3 Å². The van der Waals surface area contributed by atoms with E-state index in [1.807, 2.05) is 50.2 Å². The highest BCUT2D eigenvalue weighted by Gasteiger charge is 2.18. The fourth-order valence-electron chi connectivity index (χ4n) is 2.57. The van der Waals surface area contributed by atoms with E-state index >= 15 is 0 Å². The number of benzene rings is 1. The SMILES string of the molecule is CCOc1ccc2nc(NC(=O)c3sc(-c4ccccn4)nc3C)sc2c1. The number of fused-ring (bicyclic) bond motifs is 1. The van der Waals surface area contributed by atoms with Crippen molar-refractivity contribution in [2.24, 2.45) is 0 Å². The molecule has 0 fully saturated rings. The van der Waals surface area contributed by atoms with Crippen LogP contribution < -0.4 is 10.1 Å². The molecule has 0 saturated carbocycles. The van der Waals surface area contributed by atoms with Crippen molar-refractivity contribution in [1.29, 1.82) is 0 Å². The van der Waals surface area contributed by atoms with E-state index in [1.54, 1.807) is 6.20 Å². The van der Waals surface area contributed by atoms with Crippen molar-refractivity contribution >= 4 is 43.9 Å². The zero-order valence-electron chi connectivity index (χ0n) is 14.7. The summed E-state index contributed by atoms with van der Waals surface area (Å²) in [6.45, 7) is 4.38. The van der Waals surface area contributed by atoms with Crippen molar-refractivity contribution in [1.82, 2.24) is 15.0 Å². The molecule has 1 aromatic carbocycles. The van der Waals surface area contributed by atoms with E-state index in [2.05, 4.69) is 20.3 Å². The molecular formula is C19H16N4O2S2. The number of carbonyl (C=O) groups is 1. The molecule has 1 amide bonds. The molecule has 8 heteroatoms. The summed E-state index contributed by atoms with van der Waals surface area (Å²) in [5.41, 5.74) is 2.26. The van der Waals surface area contributed by atoms with Gasteiger partial charge in [-0.3, -0.25) is 15.1 Å². The number of thiazole rings is 2. The number of hydrogen-bond donors (Lipinski definition) is 1. The summed E-state index contributed by atoms with van der Waals surface area (Å²) in [6.07, 6.45) is 1.71. The van der Waals surface area contributed by atoms with E-state index in [1.165, 1.54) is 22.7 Å². The number of aromatic nitrogens is 3. The Morgan fingerprint density at radius 2 is 2.07 bits per heavy atom. The molecule has 4 aromatic rings. The van der Waals surface area contributed by atoms with Crippen molar-refractivity contribution in [2.45, 2.75) is 13.8 Å². The summed E-state index contributed by atoms with van der Waals surface area (Å²) in [4.78, 5) is 26.5. The Balaban J connectivity index is 1.57. The lowest BCUT2D eigenvalue weighted by Gasteiger charge is -2.00. The number of nitrogens with one attached hydrogen (secondary N) is 1. The standard InChI is InChI=1S/C19H16N4O2S2/c1-3-25-12-7-8-13-15(10-12)26-19(22-13)23-17(24)16-11(2)21-18(27-16)14-6-4-5-9-20-14/h4-10H,3H2,1-2H3,(H,22,23,24). The second-order valence-electron chi connectivity index (χ2n) is 5.68. The number of anilines is 1. The Labute approximate surface area is 163 Å². The Morgan fingerprint density at radius 3 is 2.85 bits per heavy atom. The maximum atomic E-state index is 12.7. The predicted octanol–water partition coefficient (Wildman–Crippen LogP) is 4.77. The number of rotatable bonds is 5. The van der Waals surface area contributed by atoms with Gasteiger partial charge in [0.25, 0.3) is 5.91 Å². The highest BCUT2D eigenvalue weighted by atomic mass is 32.1. The molecule has 6 nitrogen and oxygen atoms in total. The van der Waals surface area contributed by atoms with Crippen molar-refractivity contribution in [3.05, 3.63) is 53.2 Å². The summed E-state index contributed by atoms with van der Waals surface area (Å²) in [6, 6.07) is 11.3. The van der Waals surface area contributed by atoms with Crippen LogP contribution in [-0.4, -0.2) is 27.5 Å². The second kappa shape index (κ2) is 7.42. The fraction of sp³-hybridized carbons (Fsp3) is 0.158. The lowest BCUT2D eigenvalue weighted by molar-refractivity contribution is 0.103. The van der Waals surface area contributed by atoms with E-state index in [0.717, 1.165) is 26.7 Å². The van der Waals surface area contributed by atoms with Crippen molar-refractivity contribution in [3.63, 3.8) is 0 Å². The number of amides is 1. The van der Waals surface area contributed by atoms with E-state index < -0.39 is 0 Å². The van der Waals surface area contributed by atoms with E-state index in [-0.39, 0.29) is 5.91 Å². The van der Waals surface area contributed by atoms with Gasteiger partial charge >= 0.3 is 0 Å². The number of carbonyl (C=O) groups excluding carboxylic acids is 1. The van der Waals surface area contributed by atoms with Gasteiger partial charge in [0.1, 0.15) is 15.6 Å². The Kier molecular flexibility index (Phi) is 4.83. The lowest BCUT2D eigenvalue weighted by Crippen LogP contribution is -2.11. The van der Waals surface area contributed by atoms with Crippen molar-refractivity contribution in [3.8, 4) is 16.5 Å². The zero-order chi connectivity index (χ0) is 18.8. The maximum Gasteiger partial charge on any atom is 0.269 e. The topological polar surface area (TPSA) is 77.0 Å². The molecule has 0 aliphatic heterocycles. The summed E-state index contributed by atoms with van der Waals surface area (Å²) >= 11 is 2.75. The molecule has 0 aliphatic rings. The maximum absolute atomic E-state index is 12.7. The molecule has 27 heavy (non-hydrogen) atoms. The van der Waals surface area contributed by atoms with Gasteiger partial charge in [-0.05, 0) is 44.2 Å². The molecule has 0 radical (unpaired) electrons. The van der Waals surface area contributed by atoms with Gasteiger partial charge in [-0.1, -0.05) is 17.4 Å². The Morgan fingerprint density at radius 1 is 1.19 bits per heavy atom. The zero-order valence-corrected chi connectivity index (χ0v) is 16.4. The van der Waals surface area contributed by atoms with Crippen LogP contribution in [0.2, 0.25) is 0 Å². The largest absolute Gasteiger partial charge is 0.494 e. The van der Waals surface area contributed by atoms with Crippen LogP contribution >= 0.6 is 22.7 Å². The molecule has 3 heterocycles. The summed E-state index contributed by atoms with van der Waals surface area (Å²) in [5.74, 6) is 0.584. The number of ether oxygens (including phenoxy) is 1. The van der Waals surface area contributed by atoms with Gasteiger partial charge in [0.15, 0.2) is 5.13 Å². The molecule has 0 aliphatic carbocycles. The van der Waals surface area contributed by atoms with Crippen LogP contribution in [0.4, 0.5) is 5.13 Å². The monoisotopic (exact) mass is 396 g/mol.